The van der Waals surface area contributed by atoms with Gasteiger partial charge in [0.15, 0.2) is 0 Å². The van der Waals surface area contributed by atoms with Gasteiger partial charge in [0.05, 0.1) is 6.61 Å². The summed E-state index contributed by atoms with van der Waals surface area (Å²) < 4.78 is 5.33. The molecule has 2 N–H and O–H groups in total. The maximum absolute atomic E-state index is 6.28. The van der Waals surface area contributed by atoms with Gasteiger partial charge < -0.3 is 15.4 Å². The van der Waals surface area contributed by atoms with Crippen LogP contribution in [0.5, 0.6) is 0 Å². The average Bonchev–Trinajstić information content (AvgIpc) is 2.66. The second kappa shape index (κ2) is 9.09. The zero-order valence-corrected chi connectivity index (χ0v) is 14.9. The van der Waals surface area contributed by atoms with Crippen LogP contribution in [0.2, 0.25) is 0 Å². The Morgan fingerprint density at radius 3 is 2.43 bits per heavy atom. The van der Waals surface area contributed by atoms with Gasteiger partial charge in [-0.1, -0.05) is 13.8 Å². The van der Waals surface area contributed by atoms with Crippen molar-refractivity contribution in [1.82, 2.24) is 9.80 Å². The number of nitrogens with two attached hydrogens (primary N) is 1. The van der Waals surface area contributed by atoms with Crippen molar-refractivity contribution in [3.63, 3.8) is 0 Å². The van der Waals surface area contributed by atoms with Crippen LogP contribution >= 0.6 is 0 Å². The largest absolute Gasteiger partial charge is 0.383 e. The van der Waals surface area contributed by atoms with E-state index in [-0.39, 0.29) is 5.54 Å². The van der Waals surface area contributed by atoms with E-state index in [1.54, 1.807) is 7.11 Å². The van der Waals surface area contributed by atoms with Crippen molar-refractivity contribution in [2.45, 2.75) is 58.5 Å². The summed E-state index contributed by atoms with van der Waals surface area (Å²) in [4.78, 5) is 5.21. The lowest BCUT2D eigenvalue weighted by Crippen LogP contribution is -2.56. The van der Waals surface area contributed by atoms with Crippen LogP contribution in [0, 0.1) is 5.92 Å². The van der Waals surface area contributed by atoms with E-state index in [0.717, 1.165) is 32.8 Å². The SMILES string of the molecule is COCCN(CC(C)C)C1(CN)CCCN(C(C)C)CC1. The Balaban J connectivity index is 2.82. The molecule has 1 atom stereocenters. The molecule has 1 aliphatic heterocycles. The minimum atomic E-state index is 0.159. The summed E-state index contributed by atoms with van der Waals surface area (Å²) in [5.41, 5.74) is 6.44. The van der Waals surface area contributed by atoms with Crippen molar-refractivity contribution in [3.8, 4) is 0 Å². The molecule has 1 heterocycles. The molecule has 0 saturated carbocycles. The predicted octanol–water partition coefficient (Wildman–Crippen LogP) is 2.18. The molecule has 126 valence electrons. The Bertz CT molecular complexity index is 283. The number of hydrogen-bond donors (Lipinski definition) is 1. The Kier molecular flexibility index (Phi) is 8.17. The normalized spacial score (nSPS) is 25.0. The number of rotatable bonds is 8. The molecule has 1 saturated heterocycles. The minimum absolute atomic E-state index is 0.159. The lowest BCUT2D eigenvalue weighted by Gasteiger charge is -2.44. The molecule has 0 amide bonds. The smallest absolute Gasteiger partial charge is 0.0589 e. The van der Waals surface area contributed by atoms with Crippen LogP contribution in [0.3, 0.4) is 0 Å². The minimum Gasteiger partial charge on any atom is -0.383 e. The summed E-state index contributed by atoms with van der Waals surface area (Å²) in [5, 5.41) is 0. The van der Waals surface area contributed by atoms with Crippen LogP contribution in [0.4, 0.5) is 0 Å². The summed E-state index contributed by atoms with van der Waals surface area (Å²) in [6.07, 6.45) is 3.64. The van der Waals surface area contributed by atoms with Crippen molar-refractivity contribution < 1.29 is 4.74 Å². The third kappa shape index (κ3) is 5.51. The van der Waals surface area contributed by atoms with Crippen molar-refractivity contribution in [2.24, 2.45) is 11.7 Å². The molecule has 1 aliphatic rings. The summed E-state index contributed by atoms with van der Waals surface area (Å²) in [6, 6.07) is 0.635. The van der Waals surface area contributed by atoms with E-state index in [9.17, 15) is 0 Å². The van der Waals surface area contributed by atoms with Gasteiger partial charge in [-0.2, -0.15) is 0 Å². The van der Waals surface area contributed by atoms with Gasteiger partial charge in [-0.15, -0.1) is 0 Å². The van der Waals surface area contributed by atoms with E-state index in [1.807, 2.05) is 0 Å². The van der Waals surface area contributed by atoms with E-state index in [2.05, 4.69) is 37.5 Å². The first-order chi connectivity index (χ1) is 9.95. The van der Waals surface area contributed by atoms with Crippen LogP contribution in [0.1, 0.15) is 47.0 Å². The quantitative estimate of drug-likeness (QED) is 0.746. The van der Waals surface area contributed by atoms with Gasteiger partial charge in [-0.05, 0) is 45.6 Å². The number of likely N-dealkylation sites (tertiary alicyclic amines) is 1. The summed E-state index contributed by atoms with van der Waals surface area (Å²) in [6.45, 7) is 15.2. The lowest BCUT2D eigenvalue weighted by atomic mass is 9.87. The summed E-state index contributed by atoms with van der Waals surface area (Å²) in [5.74, 6) is 0.662. The zero-order valence-electron chi connectivity index (χ0n) is 14.9. The summed E-state index contributed by atoms with van der Waals surface area (Å²) in [7, 11) is 1.79. The molecular formula is C17H37N3O. The first-order valence-corrected chi connectivity index (χ1v) is 8.63. The highest BCUT2D eigenvalue weighted by Gasteiger charge is 2.37. The fraction of sp³-hybridized carbons (Fsp3) is 1.00. The molecule has 0 radical (unpaired) electrons. The van der Waals surface area contributed by atoms with Gasteiger partial charge in [0, 0.05) is 44.9 Å². The maximum atomic E-state index is 6.28. The fourth-order valence-electron chi connectivity index (χ4n) is 3.53. The highest BCUT2D eigenvalue weighted by Crippen LogP contribution is 2.29. The molecule has 1 unspecified atom stereocenters. The van der Waals surface area contributed by atoms with Crippen molar-refractivity contribution in [1.29, 1.82) is 0 Å². The molecule has 4 nitrogen and oxygen atoms in total. The first kappa shape index (κ1) is 18.9. The lowest BCUT2D eigenvalue weighted by molar-refractivity contribution is 0.0388. The average molecular weight is 300 g/mol. The summed E-state index contributed by atoms with van der Waals surface area (Å²) >= 11 is 0. The molecule has 0 aromatic carbocycles. The molecule has 0 aromatic rings. The fourth-order valence-corrected chi connectivity index (χ4v) is 3.53. The van der Waals surface area contributed by atoms with Crippen molar-refractivity contribution >= 4 is 0 Å². The van der Waals surface area contributed by atoms with Crippen LogP contribution in [0.15, 0.2) is 0 Å². The Hall–Kier alpha value is -0.160. The van der Waals surface area contributed by atoms with Crippen LogP contribution in [-0.2, 0) is 4.74 Å². The number of ether oxygens (including phenoxy) is 1. The van der Waals surface area contributed by atoms with Gasteiger partial charge in [0.2, 0.25) is 0 Å². The van der Waals surface area contributed by atoms with E-state index in [0.29, 0.717) is 12.0 Å². The second-order valence-electron chi connectivity index (χ2n) is 7.24. The van der Waals surface area contributed by atoms with Crippen molar-refractivity contribution in [3.05, 3.63) is 0 Å². The Morgan fingerprint density at radius 1 is 1.19 bits per heavy atom. The number of methoxy groups -OCH3 is 1. The predicted molar refractivity (Wildman–Crippen MR) is 90.6 cm³/mol. The van der Waals surface area contributed by atoms with Gasteiger partial charge in [-0.3, -0.25) is 4.90 Å². The molecule has 0 spiro atoms. The molecule has 21 heavy (non-hydrogen) atoms. The maximum Gasteiger partial charge on any atom is 0.0589 e. The zero-order chi connectivity index (χ0) is 15.9. The van der Waals surface area contributed by atoms with Gasteiger partial charge in [0.1, 0.15) is 0 Å². The molecule has 1 rings (SSSR count). The van der Waals surface area contributed by atoms with Crippen LogP contribution in [-0.4, -0.2) is 67.8 Å². The van der Waals surface area contributed by atoms with E-state index >= 15 is 0 Å². The molecule has 0 bridgehead atoms. The van der Waals surface area contributed by atoms with E-state index in [1.165, 1.54) is 25.8 Å². The molecular weight excluding hydrogens is 262 g/mol. The monoisotopic (exact) mass is 299 g/mol. The molecule has 4 heteroatoms. The Morgan fingerprint density at radius 2 is 1.90 bits per heavy atom. The van der Waals surface area contributed by atoms with Gasteiger partial charge in [-0.25, -0.2) is 0 Å². The molecule has 0 aromatic heterocycles. The topological polar surface area (TPSA) is 41.7 Å². The van der Waals surface area contributed by atoms with Crippen LogP contribution < -0.4 is 5.73 Å². The third-order valence-corrected chi connectivity index (χ3v) is 4.88. The third-order valence-electron chi connectivity index (χ3n) is 4.88. The van der Waals surface area contributed by atoms with E-state index < -0.39 is 0 Å². The second-order valence-corrected chi connectivity index (χ2v) is 7.24. The van der Waals surface area contributed by atoms with E-state index in [4.69, 9.17) is 10.5 Å². The van der Waals surface area contributed by atoms with Gasteiger partial charge >= 0.3 is 0 Å². The number of nitrogens with zero attached hydrogens (tertiary/aromatic N) is 2. The number of hydrogen-bond acceptors (Lipinski definition) is 4. The first-order valence-electron chi connectivity index (χ1n) is 8.63. The van der Waals surface area contributed by atoms with Gasteiger partial charge in [0.25, 0.3) is 0 Å². The molecule has 0 aliphatic carbocycles. The van der Waals surface area contributed by atoms with Crippen LogP contribution in [0.25, 0.3) is 0 Å². The molecule has 1 fully saturated rings. The highest BCUT2D eigenvalue weighted by atomic mass is 16.5. The Labute approximate surface area is 132 Å². The standard InChI is InChI=1S/C17H37N3O/c1-15(2)13-20(11-12-21-5)17(14-18)7-6-9-19(10-8-17)16(3)4/h15-16H,6-14,18H2,1-5H3. The van der Waals surface area contributed by atoms with Crippen molar-refractivity contribution in [2.75, 3.05) is 46.4 Å². The highest BCUT2D eigenvalue weighted by molar-refractivity contribution is 4.95.